The third kappa shape index (κ3) is 1.48. The van der Waals surface area contributed by atoms with Gasteiger partial charge in [0.15, 0.2) is 0 Å². The van der Waals surface area contributed by atoms with Crippen LogP contribution in [0, 0.1) is 6.92 Å². The molecule has 1 atom stereocenters. The highest BCUT2D eigenvalue weighted by molar-refractivity contribution is 7.19. The van der Waals surface area contributed by atoms with Gasteiger partial charge < -0.3 is 5.32 Å². The molecule has 0 radical (unpaired) electrons. The van der Waals surface area contributed by atoms with Gasteiger partial charge in [-0.25, -0.2) is 0 Å². The average molecular weight is 217 g/mol. The fourth-order valence-corrected chi connectivity index (χ4v) is 3.75. The lowest BCUT2D eigenvalue weighted by atomic mass is 9.96. The lowest BCUT2D eigenvalue weighted by Gasteiger charge is -2.08. The zero-order valence-electron chi connectivity index (χ0n) is 8.92. The largest absolute Gasteiger partial charge is 0.316 e. The Morgan fingerprint density at radius 3 is 3.00 bits per heavy atom. The van der Waals surface area contributed by atoms with E-state index in [-0.39, 0.29) is 0 Å². The Labute approximate surface area is 94.1 Å². The number of rotatable bonds is 1. The molecule has 1 aliphatic rings. The van der Waals surface area contributed by atoms with E-state index in [2.05, 4.69) is 36.5 Å². The van der Waals surface area contributed by atoms with E-state index in [0.29, 0.717) is 0 Å². The average Bonchev–Trinajstić information content (AvgIpc) is 2.82. The van der Waals surface area contributed by atoms with Gasteiger partial charge in [-0.1, -0.05) is 18.2 Å². The number of fused-ring (bicyclic) bond motifs is 1. The molecule has 1 aromatic heterocycles. The lowest BCUT2D eigenvalue weighted by Crippen LogP contribution is -2.08. The summed E-state index contributed by atoms with van der Waals surface area (Å²) in [6.45, 7) is 4.59. The summed E-state index contributed by atoms with van der Waals surface area (Å²) in [5, 5.41) is 4.94. The summed E-state index contributed by atoms with van der Waals surface area (Å²) in [5.74, 6) is 0.737. The predicted molar refractivity (Wildman–Crippen MR) is 66.8 cm³/mol. The van der Waals surface area contributed by atoms with Gasteiger partial charge in [-0.05, 0) is 42.8 Å². The number of aryl methyl sites for hydroxylation is 1. The quantitative estimate of drug-likeness (QED) is 0.773. The third-order valence-electron chi connectivity index (χ3n) is 3.29. The molecule has 2 aromatic rings. The van der Waals surface area contributed by atoms with E-state index in [0.717, 1.165) is 12.5 Å². The van der Waals surface area contributed by atoms with Crippen LogP contribution < -0.4 is 5.32 Å². The molecule has 1 N–H and O–H groups in total. The second-order valence-corrected chi connectivity index (χ2v) is 5.51. The van der Waals surface area contributed by atoms with Crippen molar-refractivity contribution < 1.29 is 0 Å². The van der Waals surface area contributed by atoms with Crippen molar-refractivity contribution in [2.75, 3.05) is 13.1 Å². The standard InChI is InChI=1S/C13H15NS/c1-9-13(10-6-7-14-8-10)11-4-2-3-5-12(11)15-9/h2-5,10,14H,6-8H2,1H3. The molecule has 0 saturated carbocycles. The Kier molecular flexibility index (Phi) is 2.26. The first-order valence-electron chi connectivity index (χ1n) is 5.55. The molecular weight excluding hydrogens is 202 g/mol. The van der Waals surface area contributed by atoms with Crippen LogP contribution in [0.3, 0.4) is 0 Å². The fraction of sp³-hybridized carbons (Fsp3) is 0.385. The summed E-state index contributed by atoms with van der Waals surface area (Å²) in [5.41, 5.74) is 1.60. The van der Waals surface area contributed by atoms with Gasteiger partial charge in [0, 0.05) is 16.1 Å². The first kappa shape index (κ1) is 9.37. The van der Waals surface area contributed by atoms with Crippen LogP contribution in [0.25, 0.3) is 10.1 Å². The predicted octanol–water partition coefficient (Wildman–Crippen LogP) is 3.29. The van der Waals surface area contributed by atoms with Crippen molar-refractivity contribution in [1.82, 2.24) is 5.32 Å². The minimum Gasteiger partial charge on any atom is -0.316 e. The highest BCUT2D eigenvalue weighted by Crippen LogP contribution is 2.37. The van der Waals surface area contributed by atoms with Crippen molar-refractivity contribution in [3.8, 4) is 0 Å². The number of hydrogen-bond donors (Lipinski definition) is 1. The van der Waals surface area contributed by atoms with E-state index in [1.807, 2.05) is 11.3 Å². The summed E-state index contributed by atoms with van der Waals surface area (Å²) < 4.78 is 1.44. The summed E-state index contributed by atoms with van der Waals surface area (Å²) in [4.78, 5) is 1.50. The maximum atomic E-state index is 3.46. The van der Waals surface area contributed by atoms with E-state index in [4.69, 9.17) is 0 Å². The SMILES string of the molecule is Cc1sc2ccccc2c1C1CCNC1. The molecule has 1 aliphatic heterocycles. The fourth-order valence-electron chi connectivity index (χ4n) is 2.60. The van der Waals surface area contributed by atoms with Crippen molar-refractivity contribution in [2.24, 2.45) is 0 Å². The van der Waals surface area contributed by atoms with Crippen LogP contribution >= 0.6 is 11.3 Å². The van der Waals surface area contributed by atoms with Crippen molar-refractivity contribution >= 4 is 21.4 Å². The van der Waals surface area contributed by atoms with E-state index in [1.54, 1.807) is 5.56 Å². The van der Waals surface area contributed by atoms with E-state index in [1.165, 1.54) is 27.9 Å². The van der Waals surface area contributed by atoms with E-state index < -0.39 is 0 Å². The van der Waals surface area contributed by atoms with Crippen LogP contribution in [0.5, 0.6) is 0 Å². The van der Waals surface area contributed by atoms with E-state index >= 15 is 0 Å². The topological polar surface area (TPSA) is 12.0 Å². The molecule has 2 heterocycles. The molecule has 3 rings (SSSR count). The summed E-state index contributed by atoms with van der Waals surface area (Å²) in [6, 6.07) is 8.79. The minimum absolute atomic E-state index is 0.737. The van der Waals surface area contributed by atoms with Crippen molar-refractivity contribution in [1.29, 1.82) is 0 Å². The highest BCUT2D eigenvalue weighted by atomic mass is 32.1. The van der Waals surface area contributed by atoms with Crippen molar-refractivity contribution in [2.45, 2.75) is 19.3 Å². The maximum Gasteiger partial charge on any atom is 0.0348 e. The van der Waals surface area contributed by atoms with Crippen LogP contribution in [0.15, 0.2) is 24.3 Å². The molecule has 15 heavy (non-hydrogen) atoms. The van der Waals surface area contributed by atoms with Crippen LogP contribution in [-0.2, 0) is 0 Å². The Bertz CT molecular complexity index is 480. The molecule has 1 aromatic carbocycles. The first-order valence-corrected chi connectivity index (χ1v) is 6.36. The van der Waals surface area contributed by atoms with Gasteiger partial charge in [-0.2, -0.15) is 0 Å². The molecule has 0 aliphatic carbocycles. The number of hydrogen-bond acceptors (Lipinski definition) is 2. The van der Waals surface area contributed by atoms with Crippen LogP contribution in [0.4, 0.5) is 0 Å². The molecule has 1 fully saturated rings. The second-order valence-electron chi connectivity index (χ2n) is 4.26. The van der Waals surface area contributed by atoms with Crippen molar-refractivity contribution in [3.63, 3.8) is 0 Å². The summed E-state index contributed by atoms with van der Waals surface area (Å²) >= 11 is 1.94. The molecule has 1 saturated heterocycles. The Balaban J connectivity index is 2.19. The van der Waals surface area contributed by atoms with Crippen LogP contribution in [0.2, 0.25) is 0 Å². The van der Waals surface area contributed by atoms with Gasteiger partial charge in [0.1, 0.15) is 0 Å². The summed E-state index contributed by atoms with van der Waals surface area (Å²) in [7, 11) is 0. The molecule has 0 bridgehead atoms. The second kappa shape index (κ2) is 3.62. The molecule has 2 heteroatoms. The summed E-state index contributed by atoms with van der Waals surface area (Å²) in [6.07, 6.45) is 1.29. The van der Waals surface area contributed by atoms with Gasteiger partial charge in [-0.15, -0.1) is 11.3 Å². The Hall–Kier alpha value is -0.860. The molecule has 0 amide bonds. The van der Waals surface area contributed by atoms with Crippen LogP contribution in [-0.4, -0.2) is 13.1 Å². The van der Waals surface area contributed by atoms with Gasteiger partial charge in [0.2, 0.25) is 0 Å². The Morgan fingerprint density at radius 1 is 1.33 bits per heavy atom. The highest BCUT2D eigenvalue weighted by Gasteiger charge is 2.21. The first-order chi connectivity index (χ1) is 7.36. The van der Waals surface area contributed by atoms with Gasteiger partial charge in [0.25, 0.3) is 0 Å². The Morgan fingerprint density at radius 2 is 2.20 bits per heavy atom. The molecule has 0 spiro atoms. The minimum atomic E-state index is 0.737. The smallest absolute Gasteiger partial charge is 0.0348 e. The van der Waals surface area contributed by atoms with Gasteiger partial charge in [0.05, 0.1) is 0 Å². The number of benzene rings is 1. The molecular formula is C13H15NS. The van der Waals surface area contributed by atoms with Crippen molar-refractivity contribution in [3.05, 3.63) is 34.7 Å². The van der Waals surface area contributed by atoms with Gasteiger partial charge >= 0.3 is 0 Å². The maximum absolute atomic E-state index is 3.46. The monoisotopic (exact) mass is 217 g/mol. The molecule has 1 unspecified atom stereocenters. The zero-order chi connectivity index (χ0) is 10.3. The molecule has 1 nitrogen and oxygen atoms in total. The lowest BCUT2D eigenvalue weighted by molar-refractivity contribution is 0.768. The number of nitrogens with one attached hydrogen (secondary N) is 1. The van der Waals surface area contributed by atoms with E-state index in [9.17, 15) is 0 Å². The van der Waals surface area contributed by atoms with Crippen LogP contribution in [0.1, 0.15) is 22.8 Å². The third-order valence-corrected chi connectivity index (χ3v) is 4.39. The normalized spacial score (nSPS) is 21.3. The molecule has 78 valence electrons. The van der Waals surface area contributed by atoms with Gasteiger partial charge in [-0.3, -0.25) is 0 Å². The number of thiophene rings is 1. The zero-order valence-corrected chi connectivity index (χ0v) is 9.73.